The first-order valence-corrected chi connectivity index (χ1v) is 6.39. The highest BCUT2D eigenvalue weighted by Crippen LogP contribution is 2.17. The second-order valence-corrected chi connectivity index (χ2v) is 4.91. The highest BCUT2D eigenvalue weighted by molar-refractivity contribution is 4.77. The monoisotopic (exact) mass is 212 g/mol. The molecule has 2 aliphatic rings. The van der Waals surface area contributed by atoms with Crippen molar-refractivity contribution >= 4 is 0 Å². The van der Waals surface area contributed by atoms with Crippen LogP contribution in [0.1, 0.15) is 32.1 Å². The molecule has 15 heavy (non-hydrogen) atoms. The van der Waals surface area contributed by atoms with E-state index in [9.17, 15) is 0 Å². The standard InChI is InChI=1S/C12H24N2O/c1-14(10-12-5-3-9-15-12)11-4-2-7-13-8-6-11/h11-13H,2-10H2,1H3. The minimum atomic E-state index is 0.506. The summed E-state index contributed by atoms with van der Waals surface area (Å²) in [6, 6.07) is 0.768. The van der Waals surface area contributed by atoms with Crippen molar-refractivity contribution in [2.45, 2.75) is 44.2 Å². The predicted octanol–water partition coefficient (Wildman–Crippen LogP) is 1.24. The van der Waals surface area contributed by atoms with Crippen LogP contribution in [0.5, 0.6) is 0 Å². The van der Waals surface area contributed by atoms with Gasteiger partial charge in [0.25, 0.3) is 0 Å². The summed E-state index contributed by atoms with van der Waals surface area (Å²) in [5, 5.41) is 3.47. The Hall–Kier alpha value is -0.120. The molecule has 0 saturated carbocycles. The number of nitrogens with one attached hydrogen (secondary N) is 1. The quantitative estimate of drug-likeness (QED) is 0.762. The highest BCUT2D eigenvalue weighted by Gasteiger charge is 2.22. The molecule has 2 fully saturated rings. The van der Waals surface area contributed by atoms with Crippen molar-refractivity contribution in [1.82, 2.24) is 10.2 Å². The number of rotatable bonds is 3. The Morgan fingerprint density at radius 3 is 2.93 bits per heavy atom. The lowest BCUT2D eigenvalue weighted by atomic mass is 10.1. The minimum absolute atomic E-state index is 0.506. The van der Waals surface area contributed by atoms with Gasteiger partial charge in [0.15, 0.2) is 0 Å². The molecule has 88 valence electrons. The fraction of sp³-hybridized carbons (Fsp3) is 1.00. The topological polar surface area (TPSA) is 24.5 Å². The predicted molar refractivity (Wildman–Crippen MR) is 62.1 cm³/mol. The molecule has 0 bridgehead atoms. The first-order chi connectivity index (χ1) is 7.36. The Bertz CT molecular complexity index is 172. The molecule has 0 aliphatic carbocycles. The Labute approximate surface area is 93.2 Å². The molecule has 0 aromatic heterocycles. The molecular formula is C12H24N2O. The molecule has 2 atom stereocenters. The molecule has 0 amide bonds. The number of likely N-dealkylation sites (N-methyl/N-ethyl adjacent to an activating group) is 1. The molecule has 3 nitrogen and oxygen atoms in total. The van der Waals surface area contributed by atoms with Crippen molar-refractivity contribution in [2.24, 2.45) is 0 Å². The third-order valence-corrected chi connectivity index (χ3v) is 3.68. The summed E-state index contributed by atoms with van der Waals surface area (Å²) in [6.07, 6.45) is 6.98. The van der Waals surface area contributed by atoms with Crippen LogP contribution in [0.2, 0.25) is 0 Å². The van der Waals surface area contributed by atoms with Gasteiger partial charge in [0.1, 0.15) is 0 Å². The maximum atomic E-state index is 5.69. The van der Waals surface area contributed by atoms with E-state index in [1.54, 1.807) is 0 Å². The van der Waals surface area contributed by atoms with E-state index in [0.29, 0.717) is 6.10 Å². The minimum Gasteiger partial charge on any atom is -0.377 e. The van der Waals surface area contributed by atoms with Crippen LogP contribution in [0.4, 0.5) is 0 Å². The van der Waals surface area contributed by atoms with Crippen LogP contribution in [0.25, 0.3) is 0 Å². The smallest absolute Gasteiger partial charge is 0.0702 e. The summed E-state index contributed by atoms with van der Waals surface area (Å²) in [5.74, 6) is 0. The Morgan fingerprint density at radius 1 is 1.20 bits per heavy atom. The van der Waals surface area contributed by atoms with Gasteiger partial charge in [-0.15, -0.1) is 0 Å². The van der Waals surface area contributed by atoms with E-state index < -0.39 is 0 Å². The van der Waals surface area contributed by atoms with Crippen LogP contribution in [0.15, 0.2) is 0 Å². The number of nitrogens with zero attached hydrogens (tertiary/aromatic N) is 1. The van der Waals surface area contributed by atoms with Crippen LogP contribution >= 0.6 is 0 Å². The lowest BCUT2D eigenvalue weighted by Gasteiger charge is -2.28. The maximum Gasteiger partial charge on any atom is 0.0702 e. The van der Waals surface area contributed by atoms with Crippen LogP contribution in [0.3, 0.4) is 0 Å². The van der Waals surface area contributed by atoms with E-state index in [4.69, 9.17) is 4.74 Å². The van der Waals surface area contributed by atoms with Gasteiger partial charge in [-0.3, -0.25) is 0 Å². The molecule has 0 spiro atoms. The third-order valence-electron chi connectivity index (χ3n) is 3.68. The van der Waals surface area contributed by atoms with Gasteiger partial charge in [-0.2, -0.15) is 0 Å². The molecule has 3 heteroatoms. The summed E-state index contributed by atoms with van der Waals surface area (Å²) >= 11 is 0. The summed E-state index contributed by atoms with van der Waals surface area (Å²) < 4.78 is 5.69. The van der Waals surface area contributed by atoms with Crippen molar-refractivity contribution in [3.05, 3.63) is 0 Å². The van der Waals surface area contributed by atoms with Crippen molar-refractivity contribution in [3.63, 3.8) is 0 Å². The first-order valence-electron chi connectivity index (χ1n) is 6.39. The zero-order valence-corrected chi connectivity index (χ0v) is 9.87. The SMILES string of the molecule is CN(CC1CCCO1)C1CCCNCC1. The first kappa shape index (κ1) is 11.4. The van der Waals surface area contributed by atoms with Crippen molar-refractivity contribution in [2.75, 3.05) is 33.3 Å². The molecule has 1 N–H and O–H groups in total. The van der Waals surface area contributed by atoms with E-state index in [-0.39, 0.29) is 0 Å². The molecule has 2 rings (SSSR count). The molecule has 2 saturated heterocycles. The van der Waals surface area contributed by atoms with E-state index in [2.05, 4.69) is 17.3 Å². The maximum absolute atomic E-state index is 5.69. The zero-order valence-electron chi connectivity index (χ0n) is 9.87. The molecular weight excluding hydrogens is 188 g/mol. The summed E-state index contributed by atoms with van der Waals surface area (Å²) in [5.41, 5.74) is 0. The number of hydrogen-bond donors (Lipinski definition) is 1. The Morgan fingerprint density at radius 2 is 2.13 bits per heavy atom. The molecule has 0 radical (unpaired) electrons. The van der Waals surface area contributed by atoms with Gasteiger partial charge in [-0.1, -0.05) is 0 Å². The fourth-order valence-corrected chi connectivity index (χ4v) is 2.70. The summed E-state index contributed by atoms with van der Waals surface area (Å²) in [7, 11) is 2.26. The van der Waals surface area contributed by atoms with E-state index >= 15 is 0 Å². The lowest BCUT2D eigenvalue weighted by Crippen LogP contribution is -2.37. The lowest BCUT2D eigenvalue weighted by molar-refractivity contribution is 0.0658. The van der Waals surface area contributed by atoms with Gasteiger partial charge < -0.3 is 15.0 Å². The van der Waals surface area contributed by atoms with Gasteiger partial charge in [0.05, 0.1) is 6.10 Å². The van der Waals surface area contributed by atoms with Crippen LogP contribution in [0, 0.1) is 0 Å². The average molecular weight is 212 g/mol. The highest BCUT2D eigenvalue weighted by atomic mass is 16.5. The van der Waals surface area contributed by atoms with E-state index in [1.807, 2.05) is 0 Å². The molecule has 0 aromatic rings. The zero-order chi connectivity index (χ0) is 10.5. The van der Waals surface area contributed by atoms with Crippen molar-refractivity contribution in [3.8, 4) is 0 Å². The van der Waals surface area contributed by atoms with E-state index in [0.717, 1.165) is 19.2 Å². The summed E-state index contributed by atoms with van der Waals surface area (Å²) in [4.78, 5) is 2.52. The number of ether oxygens (including phenoxy) is 1. The van der Waals surface area contributed by atoms with Crippen molar-refractivity contribution in [1.29, 1.82) is 0 Å². The third kappa shape index (κ3) is 3.44. The Kier molecular flexibility index (Phi) is 4.42. The van der Waals surface area contributed by atoms with Crippen molar-refractivity contribution < 1.29 is 4.74 Å². The van der Waals surface area contributed by atoms with Gasteiger partial charge in [0.2, 0.25) is 0 Å². The van der Waals surface area contributed by atoms with Crippen LogP contribution < -0.4 is 5.32 Å². The van der Waals surface area contributed by atoms with Crippen LogP contribution in [-0.2, 0) is 4.74 Å². The molecule has 0 aromatic carbocycles. The van der Waals surface area contributed by atoms with Gasteiger partial charge in [-0.25, -0.2) is 0 Å². The average Bonchev–Trinajstić information content (AvgIpc) is 2.58. The summed E-state index contributed by atoms with van der Waals surface area (Å²) in [6.45, 7) is 4.49. The van der Waals surface area contributed by atoms with Crippen LogP contribution in [-0.4, -0.2) is 50.3 Å². The van der Waals surface area contributed by atoms with Gasteiger partial charge >= 0.3 is 0 Å². The number of hydrogen-bond acceptors (Lipinski definition) is 3. The second kappa shape index (κ2) is 5.83. The molecule has 2 heterocycles. The van der Waals surface area contributed by atoms with E-state index in [1.165, 1.54) is 45.2 Å². The van der Waals surface area contributed by atoms with Gasteiger partial charge in [-0.05, 0) is 52.2 Å². The molecule has 2 aliphatic heterocycles. The Balaban J connectivity index is 1.74. The normalized spacial score (nSPS) is 33.2. The fourth-order valence-electron chi connectivity index (χ4n) is 2.70. The largest absolute Gasteiger partial charge is 0.377 e. The second-order valence-electron chi connectivity index (χ2n) is 4.91. The molecule has 2 unspecified atom stereocenters. The van der Waals surface area contributed by atoms with Gasteiger partial charge in [0, 0.05) is 19.2 Å².